The molecule has 0 saturated heterocycles. The molecule has 0 spiro atoms. The van der Waals surface area contributed by atoms with Crippen molar-refractivity contribution in [2.45, 2.75) is 20.3 Å². The summed E-state index contributed by atoms with van der Waals surface area (Å²) in [6, 6.07) is 2.04. The van der Waals surface area contributed by atoms with Crippen molar-refractivity contribution in [2.24, 2.45) is 7.05 Å². The molecule has 0 bridgehead atoms. The molecule has 82 valence electrons. The smallest absolute Gasteiger partial charge is 0.277 e. The van der Waals surface area contributed by atoms with E-state index in [4.69, 9.17) is 5.26 Å². The lowest BCUT2D eigenvalue weighted by Gasteiger charge is -2.10. The van der Waals surface area contributed by atoms with E-state index in [2.05, 4.69) is 5.10 Å². The monoisotopic (exact) mass is 216 g/mol. The molecule has 0 aliphatic carbocycles. The molecular weight excluding hydrogens is 204 g/mol. The van der Waals surface area contributed by atoms with Gasteiger partial charge in [-0.3, -0.25) is 4.79 Å². The molecule has 0 fully saturated rings. The summed E-state index contributed by atoms with van der Waals surface area (Å²) < 4.78 is 3.14. The zero-order valence-corrected chi connectivity index (χ0v) is 9.48. The van der Waals surface area contributed by atoms with E-state index >= 15 is 0 Å². The van der Waals surface area contributed by atoms with Gasteiger partial charge in [-0.2, -0.15) is 14.9 Å². The van der Waals surface area contributed by atoms with Gasteiger partial charge in [0.05, 0.1) is 6.20 Å². The molecule has 0 amide bonds. The Hall–Kier alpha value is -2.09. The Bertz CT molecular complexity index is 657. The van der Waals surface area contributed by atoms with Gasteiger partial charge < -0.3 is 4.57 Å². The third-order valence-corrected chi connectivity index (χ3v) is 2.93. The van der Waals surface area contributed by atoms with Crippen LogP contribution >= 0.6 is 0 Å². The van der Waals surface area contributed by atoms with Gasteiger partial charge in [0.25, 0.3) is 5.56 Å². The molecule has 0 saturated carbocycles. The largest absolute Gasteiger partial charge is 0.332 e. The number of nitrogens with zero attached hydrogens (tertiary/aromatic N) is 4. The first kappa shape index (κ1) is 10.4. The molecule has 0 N–H and O–H groups in total. The van der Waals surface area contributed by atoms with Crippen molar-refractivity contribution in [1.82, 2.24) is 14.2 Å². The molecule has 5 heteroatoms. The highest BCUT2D eigenvalue weighted by molar-refractivity contribution is 5.55. The van der Waals surface area contributed by atoms with E-state index in [1.165, 1.54) is 10.7 Å². The summed E-state index contributed by atoms with van der Waals surface area (Å²) >= 11 is 0. The fourth-order valence-electron chi connectivity index (χ4n) is 1.94. The van der Waals surface area contributed by atoms with E-state index in [0.29, 0.717) is 17.6 Å². The highest BCUT2D eigenvalue weighted by Gasteiger charge is 2.14. The molecule has 0 atom stereocenters. The van der Waals surface area contributed by atoms with Gasteiger partial charge in [-0.1, -0.05) is 6.92 Å². The fourth-order valence-corrected chi connectivity index (χ4v) is 1.94. The Morgan fingerprint density at radius 1 is 1.56 bits per heavy atom. The molecule has 0 unspecified atom stereocenters. The van der Waals surface area contributed by atoms with E-state index < -0.39 is 0 Å². The number of fused-ring (bicyclic) bond motifs is 1. The summed E-state index contributed by atoms with van der Waals surface area (Å²) in [4.78, 5) is 12.0. The van der Waals surface area contributed by atoms with Crippen LogP contribution in [0.4, 0.5) is 0 Å². The highest BCUT2D eigenvalue weighted by Crippen LogP contribution is 2.11. The summed E-state index contributed by atoms with van der Waals surface area (Å²) in [6.45, 7) is 3.82. The maximum atomic E-state index is 12.0. The van der Waals surface area contributed by atoms with Crippen LogP contribution in [0.1, 0.15) is 23.7 Å². The van der Waals surface area contributed by atoms with Gasteiger partial charge in [-0.15, -0.1) is 0 Å². The Morgan fingerprint density at radius 3 is 2.81 bits per heavy atom. The van der Waals surface area contributed by atoms with Crippen molar-refractivity contribution in [3.8, 4) is 6.07 Å². The quantitative estimate of drug-likeness (QED) is 0.707. The van der Waals surface area contributed by atoms with Gasteiger partial charge in [0, 0.05) is 18.3 Å². The van der Waals surface area contributed by atoms with Crippen molar-refractivity contribution >= 4 is 5.65 Å². The predicted octanol–water partition coefficient (Wildman–Crippen LogP) is 0.775. The maximum absolute atomic E-state index is 12.0. The minimum Gasteiger partial charge on any atom is -0.332 e. The van der Waals surface area contributed by atoms with Crippen molar-refractivity contribution in [3.63, 3.8) is 0 Å². The van der Waals surface area contributed by atoms with Gasteiger partial charge in [0.1, 0.15) is 11.6 Å². The first-order valence-corrected chi connectivity index (χ1v) is 5.08. The molecule has 16 heavy (non-hydrogen) atoms. The van der Waals surface area contributed by atoms with Gasteiger partial charge in [-0.05, 0) is 13.3 Å². The van der Waals surface area contributed by atoms with Crippen LogP contribution in [-0.2, 0) is 13.5 Å². The van der Waals surface area contributed by atoms with Crippen molar-refractivity contribution in [1.29, 1.82) is 5.26 Å². The Balaban J connectivity index is 3.06. The first-order chi connectivity index (χ1) is 7.61. The number of hydrogen-bond acceptors (Lipinski definition) is 3. The molecule has 0 aromatic carbocycles. The lowest BCUT2D eigenvalue weighted by Crippen LogP contribution is -2.24. The Morgan fingerprint density at radius 2 is 2.25 bits per heavy atom. The predicted molar refractivity (Wildman–Crippen MR) is 59.3 cm³/mol. The second-order valence-electron chi connectivity index (χ2n) is 3.69. The number of rotatable bonds is 1. The van der Waals surface area contributed by atoms with Crippen LogP contribution < -0.4 is 5.56 Å². The molecule has 0 aliphatic heterocycles. The zero-order chi connectivity index (χ0) is 11.9. The van der Waals surface area contributed by atoms with E-state index in [-0.39, 0.29) is 5.56 Å². The molecule has 2 heterocycles. The summed E-state index contributed by atoms with van der Waals surface area (Å²) in [5.74, 6) is 0. The SMILES string of the molecule is CCc1c(C)n(C)c2c(C#N)cnn2c1=O. The summed E-state index contributed by atoms with van der Waals surface area (Å²) in [7, 11) is 1.84. The third kappa shape index (κ3) is 1.16. The van der Waals surface area contributed by atoms with Crippen molar-refractivity contribution in [2.75, 3.05) is 0 Å². The molecule has 5 nitrogen and oxygen atoms in total. The van der Waals surface area contributed by atoms with E-state index in [0.717, 1.165) is 11.3 Å². The summed E-state index contributed by atoms with van der Waals surface area (Å²) in [5, 5.41) is 12.9. The molecule has 0 radical (unpaired) electrons. The Kier molecular flexibility index (Phi) is 2.27. The number of nitriles is 1. The minimum absolute atomic E-state index is 0.130. The van der Waals surface area contributed by atoms with Gasteiger partial charge in [0.2, 0.25) is 0 Å². The van der Waals surface area contributed by atoms with E-state index in [1.807, 2.05) is 31.5 Å². The first-order valence-electron chi connectivity index (χ1n) is 5.08. The van der Waals surface area contributed by atoms with Crippen LogP contribution in [0.2, 0.25) is 0 Å². The summed E-state index contributed by atoms with van der Waals surface area (Å²) in [5.41, 5.74) is 2.47. The van der Waals surface area contributed by atoms with Gasteiger partial charge in [-0.25, -0.2) is 0 Å². The molecular formula is C11H12N4O. The van der Waals surface area contributed by atoms with Crippen molar-refractivity contribution in [3.05, 3.63) is 33.4 Å². The standard InChI is InChI=1S/C11H12N4O/c1-4-9-7(2)14(3)10-8(5-12)6-13-15(10)11(9)16/h6H,4H2,1-3H3. The van der Waals surface area contributed by atoms with Gasteiger partial charge in [0.15, 0.2) is 5.65 Å². The van der Waals surface area contributed by atoms with Crippen molar-refractivity contribution < 1.29 is 0 Å². The lowest BCUT2D eigenvalue weighted by atomic mass is 10.2. The number of aromatic nitrogens is 3. The molecule has 2 aromatic rings. The van der Waals surface area contributed by atoms with Crippen LogP contribution in [-0.4, -0.2) is 14.2 Å². The molecule has 2 rings (SSSR count). The van der Waals surface area contributed by atoms with Crippen LogP contribution in [0.25, 0.3) is 5.65 Å². The topological polar surface area (TPSA) is 63.1 Å². The van der Waals surface area contributed by atoms with Crippen LogP contribution in [0.15, 0.2) is 11.0 Å². The zero-order valence-electron chi connectivity index (χ0n) is 9.48. The number of aryl methyl sites for hydroxylation is 1. The fraction of sp³-hybridized carbons (Fsp3) is 0.364. The lowest BCUT2D eigenvalue weighted by molar-refractivity contribution is 0.769. The second kappa shape index (κ2) is 3.49. The van der Waals surface area contributed by atoms with E-state index in [9.17, 15) is 4.79 Å². The molecule has 2 aromatic heterocycles. The third-order valence-electron chi connectivity index (χ3n) is 2.93. The van der Waals surface area contributed by atoms with E-state index in [1.54, 1.807) is 0 Å². The minimum atomic E-state index is -0.130. The summed E-state index contributed by atoms with van der Waals surface area (Å²) in [6.07, 6.45) is 2.09. The van der Waals surface area contributed by atoms with Gasteiger partial charge >= 0.3 is 0 Å². The molecule has 0 aliphatic rings. The van der Waals surface area contributed by atoms with Crippen LogP contribution in [0, 0.1) is 18.3 Å². The highest BCUT2D eigenvalue weighted by atomic mass is 16.1. The maximum Gasteiger partial charge on any atom is 0.277 e. The second-order valence-corrected chi connectivity index (χ2v) is 3.69. The number of hydrogen-bond donors (Lipinski definition) is 0. The average Bonchev–Trinajstić information content (AvgIpc) is 2.71. The average molecular weight is 216 g/mol. The normalized spacial score (nSPS) is 10.6. The van der Waals surface area contributed by atoms with Crippen LogP contribution in [0.3, 0.4) is 0 Å². The Labute approximate surface area is 92.5 Å². The van der Waals surface area contributed by atoms with Crippen LogP contribution in [0.5, 0.6) is 0 Å².